The first-order chi connectivity index (χ1) is 9.79. The number of fused-ring (bicyclic) bond motifs is 1. The second-order valence-electron chi connectivity index (χ2n) is 5.22. The minimum Gasteiger partial charge on any atom is -0.293 e. The van der Waals surface area contributed by atoms with Gasteiger partial charge in [0.1, 0.15) is 0 Å². The van der Waals surface area contributed by atoms with Crippen LogP contribution < -0.4 is 0 Å². The predicted octanol–water partition coefficient (Wildman–Crippen LogP) is 4.71. The van der Waals surface area contributed by atoms with E-state index in [-0.39, 0.29) is 11.7 Å². The highest BCUT2D eigenvalue weighted by molar-refractivity contribution is 7.99. The molecule has 1 aliphatic heterocycles. The van der Waals surface area contributed by atoms with Crippen molar-refractivity contribution in [3.63, 3.8) is 0 Å². The van der Waals surface area contributed by atoms with Crippen LogP contribution in [-0.2, 0) is 6.42 Å². The first-order valence-electron chi connectivity index (χ1n) is 7.14. The Bertz CT molecular complexity index is 633. The minimum absolute atomic E-state index is 0.0214. The van der Waals surface area contributed by atoms with Gasteiger partial charge in [0.25, 0.3) is 0 Å². The van der Waals surface area contributed by atoms with Crippen LogP contribution in [0, 0.1) is 0 Å². The molecule has 0 N–H and O–H groups in total. The Morgan fingerprint density at radius 2 is 2.05 bits per heavy atom. The van der Waals surface area contributed by atoms with Crippen molar-refractivity contribution in [3.8, 4) is 0 Å². The van der Waals surface area contributed by atoms with E-state index in [0.717, 1.165) is 24.2 Å². The van der Waals surface area contributed by atoms with Crippen molar-refractivity contribution >= 4 is 17.5 Å². The summed E-state index contributed by atoms with van der Waals surface area (Å²) in [4.78, 5) is 14.0. The van der Waals surface area contributed by atoms with Gasteiger partial charge in [-0.25, -0.2) is 0 Å². The van der Waals surface area contributed by atoms with Crippen molar-refractivity contribution in [2.45, 2.75) is 30.6 Å². The summed E-state index contributed by atoms with van der Waals surface area (Å²) in [6.07, 6.45) is 2.15. The summed E-state index contributed by atoms with van der Waals surface area (Å²) >= 11 is 1.79. The molecule has 2 aromatic carbocycles. The van der Waals surface area contributed by atoms with Gasteiger partial charge in [-0.05, 0) is 29.7 Å². The molecule has 0 radical (unpaired) electrons. The quantitative estimate of drug-likeness (QED) is 0.755. The van der Waals surface area contributed by atoms with E-state index in [2.05, 4.69) is 31.2 Å². The fraction of sp³-hybridized carbons (Fsp3) is 0.278. The van der Waals surface area contributed by atoms with Gasteiger partial charge in [-0.3, -0.25) is 4.79 Å². The van der Waals surface area contributed by atoms with Crippen molar-refractivity contribution in [1.29, 1.82) is 0 Å². The number of carbonyl (C=O) groups is 1. The van der Waals surface area contributed by atoms with Crippen LogP contribution in [0.15, 0.2) is 53.4 Å². The van der Waals surface area contributed by atoms with Crippen LogP contribution in [0.2, 0.25) is 0 Å². The molecule has 0 bridgehead atoms. The molecule has 0 fully saturated rings. The average molecular weight is 282 g/mol. The highest BCUT2D eigenvalue weighted by Crippen LogP contribution is 2.40. The zero-order valence-corrected chi connectivity index (χ0v) is 12.5. The average Bonchev–Trinajstić information content (AvgIpc) is 2.91. The molecular weight excluding hydrogens is 264 g/mol. The second-order valence-corrected chi connectivity index (χ2v) is 6.28. The molecule has 0 amide bonds. The van der Waals surface area contributed by atoms with Crippen LogP contribution in [0.3, 0.4) is 0 Å². The van der Waals surface area contributed by atoms with Gasteiger partial charge in [-0.1, -0.05) is 49.7 Å². The van der Waals surface area contributed by atoms with Gasteiger partial charge in [0.05, 0.1) is 5.92 Å². The molecule has 1 aliphatic rings. The van der Waals surface area contributed by atoms with Gasteiger partial charge in [0.2, 0.25) is 0 Å². The molecule has 1 unspecified atom stereocenters. The maximum atomic E-state index is 12.8. The summed E-state index contributed by atoms with van der Waals surface area (Å²) in [5.41, 5.74) is 3.32. The number of Topliss-reactive ketones (excluding diaryl/α,β-unsaturated/α-hetero) is 1. The van der Waals surface area contributed by atoms with Crippen LogP contribution >= 0.6 is 11.8 Å². The monoisotopic (exact) mass is 282 g/mol. The van der Waals surface area contributed by atoms with Crippen molar-refractivity contribution < 1.29 is 4.79 Å². The fourth-order valence-corrected chi connectivity index (χ4v) is 3.98. The van der Waals surface area contributed by atoms with Crippen LogP contribution in [-0.4, -0.2) is 11.5 Å². The summed E-state index contributed by atoms with van der Waals surface area (Å²) in [5, 5.41) is 0. The highest BCUT2D eigenvalue weighted by Gasteiger charge is 2.29. The molecule has 102 valence electrons. The normalized spacial score (nSPS) is 16.9. The van der Waals surface area contributed by atoms with Crippen LogP contribution in [0.1, 0.15) is 40.7 Å². The second kappa shape index (κ2) is 5.84. The number of carbonyl (C=O) groups excluding carboxylic acids is 1. The lowest BCUT2D eigenvalue weighted by atomic mass is 9.91. The Morgan fingerprint density at radius 3 is 2.90 bits per heavy atom. The van der Waals surface area contributed by atoms with E-state index in [1.807, 2.05) is 24.3 Å². The third-order valence-electron chi connectivity index (χ3n) is 3.77. The Labute approximate surface area is 124 Å². The summed E-state index contributed by atoms with van der Waals surface area (Å²) in [6, 6.07) is 16.4. The van der Waals surface area contributed by atoms with Gasteiger partial charge in [-0.15, -0.1) is 11.8 Å². The number of ketones is 1. The van der Waals surface area contributed by atoms with E-state index in [1.165, 1.54) is 16.0 Å². The third kappa shape index (κ3) is 2.53. The summed E-state index contributed by atoms with van der Waals surface area (Å²) < 4.78 is 0. The zero-order valence-electron chi connectivity index (χ0n) is 11.6. The first-order valence-corrected chi connectivity index (χ1v) is 8.13. The molecule has 0 aromatic heterocycles. The van der Waals surface area contributed by atoms with E-state index in [1.54, 1.807) is 11.8 Å². The van der Waals surface area contributed by atoms with Gasteiger partial charge >= 0.3 is 0 Å². The number of benzene rings is 2. The third-order valence-corrected chi connectivity index (χ3v) is 4.95. The van der Waals surface area contributed by atoms with Crippen molar-refractivity contribution in [3.05, 3.63) is 65.2 Å². The molecule has 0 aliphatic carbocycles. The van der Waals surface area contributed by atoms with Crippen molar-refractivity contribution in [1.82, 2.24) is 0 Å². The minimum atomic E-state index is 0.0214. The van der Waals surface area contributed by atoms with Gasteiger partial charge in [0.15, 0.2) is 5.78 Å². The molecule has 20 heavy (non-hydrogen) atoms. The first kappa shape index (κ1) is 13.4. The molecule has 2 aromatic rings. The smallest absolute Gasteiger partial charge is 0.171 e. The highest BCUT2D eigenvalue weighted by atomic mass is 32.2. The number of rotatable bonds is 4. The standard InChI is InChI=1S/C18H18OS/c1-2-6-13-7-5-8-14(11-13)18(19)16-12-20-17-10-4-3-9-15(16)17/h3-5,7-11,16H,2,6,12H2,1H3. The number of hydrogen-bond acceptors (Lipinski definition) is 2. The van der Waals surface area contributed by atoms with E-state index in [0.29, 0.717) is 0 Å². The Hall–Kier alpha value is -1.54. The summed E-state index contributed by atoms with van der Waals surface area (Å²) in [5.74, 6) is 1.16. The molecule has 1 atom stereocenters. The molecule has 0 saturated carbocycles. The van der Waals surface area contributed by atoms with E-state index in [9.17, 15) is 4.79 Å². The Morgan fingerprint density at radius 1 is 1.20 bits per heavy atom. The van der Waals surface area contributed by atoms with Crippen molar-refractivity contribution in [2.24, 2.45) is 0 Å². The molecule has 3 rings (SSSR count). The van der Waals surface area contributed by atoms with Gasteiger partial charge in [0, 0.05) is 16.2 Å². The summed E-state index contributed by atoms with van der Waals surface area (Å²) in [6.45, 7) is 2.17. The van der Waals surface area contributed by atoms with E-state index in [4.69, 9.17) is 0 Å². The molecule has 0 spiro atoms. The SMILES string of the molecule is CCCc1cccc(C(=O)C2CSc3ccccc32)c1. The fourth-order valence-electron chi connectivity index (χ4n) is 2.75. The number of hydrogen-bond donors (Lipinski definition) is 0. The Kier molecular flexibility index (Phi) is 3.93. The lowest BCUT2D eigenvalue weighted by molar-refractivity contribution is 0.0968. The van der Waals surface area contributed by atoms with Crippen LogP contribution in [0.5, 0.6) is 0 Å². The molecule has 1 heterocycles. The molecule has 1 nitrogen and oxygen atoms in total. The number of thioether (sulfide) groups is 1. The van der Waals surface area contributed by atoms with E-state index < -0.39 is 0 Å². The summed E-state index contributed by atoms with van der Waals surface area (Å²) in [7, 11) is 0. The topological polar surface area (TPSA) is 17.1 Å². The molecule has 0 saturated heterocycles. The van der Waals surface area contributed by atoms with Crippen molar-refractivity contribution in [2.75, 3.05) is 5.75 Å². The Balaban J connectivity index is 1.89. The lowest BCUT2D eigenvalue weighted by Crippen LogP contribution is -2.12. The van der Waals surface area contributed by atoms with Crippen LogP contribution in [0.4, 0.5) is 0 Å². The maximum Gasteiger partial charge on any atom is 0.171 e. The molecular formula is C18H18OS. The van der Waals surface area contributed by atoms with E-state index >= 15 is 0 Å². The molecule has 2 heteroatoms. The number of aryl methyl sites for hydroxylation is 1. The maximum absolute atomic E-state index is 12.8. The van der Waals surface area contributed by atoms with Gasteiger partial charge in [-0.2, -0.15) is 0 Å². The van der Waals surface area contributed by atoms with Gasteiger partial charge < -0.3 is 0 Å². The largest absolute Gasteiger partial charge is 0.293 e. The predicted molar refractivity (Wildman–Crippen MR) is 84.7 cm³/mol. The zero-order chi connectivity index (χ0) is 13.9. The lowest BCUT2D eigenvalue weighted by Gasteiger charge is -2.10. The van der Waals surface area contributed by atoms with Crippen LogP contribution in [0.25, 0.3) is 0 Å².